The van der Waals surface area contributed by atoms with E-state index in [1.807, 2.05) is 6.20 Å². The summed E-state index contributed by atoms with van der Waals surface area (Å²) in [6, 6.07) is 6.36. The predicted octanol–water partition coefficient (Wildman–Crippen LogP) is 2.90. The molecule has 3 amide bonds. The van der Waals surface area contributed by atoms with Gasteiger partial charge in [0.2, 0.25) is 0 Å². The second-order valence-electron chi connectivity index (χ2n) is 8.51. The van der Waals surface area contributed by atoms with Crippen LogP contribution in [-0.2, 0) is 0 Å². The molecule has 1 saturated carbocycles. The second-order valence-corrected chi connectivity index (χ2v) is 8.51. The summed E-state index contributed by atoms with van der Waals surface area (Å²) in [6.07, 6.45) is 4.49. The van der Waals surface area contributed by atoms with Gasteiger partial charge in [-0.15, -0.1) is 0 Å². The molecule has 8 heteroatoms. The molecule has 3 heterocycles. The van der Waals surface area contributed by atoms with Crippen molar-refractivity contribution in [2.45, 2.75) is 25.7 Å². The summed E-state index contributed by atoms with van der Waals surface area (Å²) in [5, 5.41) is 2.69. The van der Waals surface area contributed by atoms with Crippen molar-refractivity contribution in [3.8, 4) is 0 Å². The third kappa shape index (κ3) is 3.82. The Morgan fingerprint density at radius 3 is 2.52 bits per heavy atom. The summed E-state index contributed by atoms with van der Waals surface area (Å²) in [5.74, 6) is 0.730. The molecule has 0 atom stereocenters. The van der Waals surface area contributed by atoms with Gasteiger partial charge in [-0.2, -0.15) is 0 Å². The van der Waals surface area contributed by atoms with E-state index in [9.17, 15) is 14.0 Å². The van der Waals surface area contributed by atoms with Gasteiger partial charge < -0.3 is 15.1 Å². The number of rotatable bonds is 4. The van der Waals surface area contributed by atoms with E-state index < -0.39 is 5.82 Å². The molecule has 7 nitrogen and oxygen atoms in total. The Labute approximate surface area is 180 Å². The van der Waals surface area contributed by atoms with Crippen molar-refractivity contribution < 1.29 is 14.0 Å². The molecule has 2 aromatic rings. The number of hydrogen-bond donors (Lipinski definition) is 1. The van der Waals surface area contributed by atoms with Gasteiger partial charge in [0.1, 0.15) is 11.6 Å². The van der Waals surface area contributed by atoms with Crippen LogP contribution in [0.2, 0.25) is 0 Å². The molecule has 3 fully saturated rings. The van der Waals surface area contributed by atoms with Crippen molar-refractivity contribution in [2.24, 2.45) is 0 Å². The fraction of sp³-hybridized carbons (Fsp3) is 0.435. The highest BCUT2D eigenvalue weighted by Crippen LogP contribution is 2.40. The standard InChI is InChI=1S/C23H26FN5O2/c1-15-12-17(16-2-3-16)14-26-21(15)27-8-10-28(11-9-27)22(30)19-5-4-18(13-20(19)24)29-7-6-25-23(29)31/h4-5,12-14,16H,2-3,6-11H2,1H3,(H,25,31). The summed E-state index contributed by atoms with van der Waals surface area (Å²) in [7, 11) is 0. The average molecular weight is 423 g/mol. The molecule has 1 N–H and O–H groups in total. The van der Waals surface area contributed by atoms with Gasteiger partial charge in [0.25, 0.3) is 5.91 Å². The zero-order valence-electron chi connectivity index (χ0n) is 17.6. The summed E-state index contributed by atoms with van der Waals surface area (Å²) < 4.78 is 14.7. The smallest absolute Gasteiger partial charge is 0.321 e. The first-order chi connectivity index (χ1) is 15.0. The number of carbonyl (C=O) groups excluding carboxylic acids is 2. The normalized spacial score (nSPS) is 19.0. The number of aromatic nitrogens is 1. The largest absolute Gasteiger partial charge is 0.353 e. The fourth-order valence-corrected chi connectivity index (χ4v) is 4.42. The lowest BCUT2D eigenvalue weighted by molar-refractivity contribution is 0.0742. The number of nitrogens with one attached hydrogen (secondary N) is 1. The number of anilines is 2. The second kappa shape index (κ2) is 7.83. The van der Waals surface area contributed by atoms with E-state index in [2.05, 4.69) is 28.2 Å². The summed E-state index contributed by atoms with van der Waals surface area (Å²) in [5.41, 5.74) is 2.99. The van der Waals surface area contributed by atoms with Gasteiger partial charge in [-0.3, -0.25) is 9.69 Å². The number of carbonyl (C=O) groups is 2. The Morgan fingerprint density at radius 1 is 1.13 bits per heavy atom. The van der Waals surface area contributed by atoms with Crippen LogP contribution in [0.15, 0.2) is 30.5 Å². The van der Waals surface area contributed by atoms with Crippen molar-refractivity contribution in [3.63, 3.8) is 0 Å². The molecule has 31 heavy (non-hydrogen) atoms. The number of pyridine rings is 1. The van der Waals surface area contributed by atoms with E-state index in [1.54, 1.807) is 11.0 Å². The highest BCUT2D eigenvalue weighted by Gasteiger charge is 2.28. The van der Waals surface area contributed by atoms with Gasteiger partial charge in [-0.25, -0.2) is 14.2 Å². The Hall–Kier alpha value is -3.16. The molecule has 162 valence electrons. The van der Waals surface area contributed by atoms with E-state index in [-0.39, 0.29) is 17.5 Å². The molecule has 3 aliphatic rings. The van der Waals surface area contributed by atoms with E-state index in [0.717, 1.165) is 11.4 Å². The maximum Gasteiger partial charge on any atom is 0.321 e. The Balaban J connectivity index is 1.24. The van der Waals surface area contributed by atoms with E-state index >= 15 is 0 Å². The Bertz CT molecular complexity index is 1030. The van der Waals surface area contributed by atoms with E-state index in [0.29, 0.717) is 50.9 Å². The Morgan fingerprint density at radius 2 is 1.90 bits per heavy atom. The van der Waals surface area contributed by atoms with Gasteiger partial charge in [0.05, 0.1) is 5.56 Å². The van der Waals surface area contributed by atoms with E-state index in [1.165, 1.54) is 35.4 Å². The van der Waals surface area contributed by atoms with Crippen LogP contribution in [0, 0.1) is 12.7 Å². The molecule has 0 bridgehead atoms. The van der Waals surface area contributed by atoms with Crippen molar-refractivity contribution >= 4 is 23.4 Å². The highest BCUT2D eigenvalue weighted by atomic mass is 19.1. The van der Waals surface area contributed by atoms with Gasteiger partial charge in [0, 0.05) is 51.2 Å². The molecule has 0 radical (unpaired) electrons. The first-order valence-corrected chi connectivity index (χ1v) is 10.9. The molecule has 2 saturated heterocycles. The first-order valence-electron chi connectivity index (χ1n) is 10.9. The molecular formula is C23H26FN5O2. The molecule has 1 aromatic carbocycles. The van der Waals surface area contributed by atoms with Crippen LogP contribution >= 0.6 is 0 Å². The topological polar surface area (TPSA) is 68.8 Å². The van der Waals surface area contributed by atoms with Crippen molar-refractivity contribution in [1.82, 2.24) is 15.2 Å². The summed E-state index contributed by atoms with van der Waals surface area (Å²) in [6.45, 7) is 5.46. The molecule has 2 aliphatic heterocycles. The maximum atomic E-state index is 14.7. The lowest BCUT2D eigenvalue weighted by Crippen LogP contribution is -2.49. The van der Waals surface area contributed by atoms with Crippen LogP contribution in [0.25, 0.3) is 0 Å². The maximum absolute atomic E-state index is 14.7. The number of halogens is 1. The van der Waals surface area contributed by atoms with Crippen molar-refractivity contribution in [1.29, 1.82) is 0 Å². The summed E-state index contributed by atoms with van der Waals surface area (Å²) >= 11 is 0. The molecule has 0 unspecified atom stereocenters. The van der Waals surface area contributed by atoms with Crippen LogP contribution < -0.4 is 15.1 Å². The lowest BCUT2D eigenvalue weighted by atomic mass is 10.1. The minimum absolute atomic E-state index is 0.0416. The third-order valence-electron chi connectivity index (χ3n) is 6.34. The molecule has 1 aliphatic carbocycles. The number of benzene rings is 1. The van der Waals surface area contributed by atoms with Crippen LogP contribution in [0.1, 0.15) is 40.2 Å². The van der Waals surface area contributed by atoms with Gasteiger partial charge in [0.15, 0.2) is 0 Å². The van der Waals surface area contributed by atoms with Gasteiger partial charge in [-0.05, 0) is 55.0 Å². The minimum Gasteiger partial charge on any atom is -0.353 e. The third-order valence-corrected chi connectivity index (χ3v) is 6.34. The molecule has 5 rings (SSSR count). The quantitative estimate of drug-likeness (QED) is 0.821. The predicted molar refractivity (Wildman–Crippen MR) is 116 cm³/mol. The molecular weight excluding hydrogens is 397 g/mol. The van der Waals surface area contributed by atoms with Crippen LogP contribution in [-0.4, -0.2) is 61.1 Å². The van der Waals surface area contributed by atoms with Gasteiger partial charge in [-0.1, -0.05) is 6.07 Å². The van der Waals surface area contributed by atoms with Crippen molar-refractivity contribution in [3.05, 3.63) is 53.0 Å². The monoisotopic (exact) mass is 423 g/mol. The number of urea groups is 1. The molecule has 1 aromatic heterocycles. The number of piperazine rings is 1. The van der Waals surface area contributed by atoms with Crippen molar-refractivity contribution in [2.75, 3.05) is 49.1 Å². The number of nitrogens with zero attached hydrogens (tertiary/aromatic N) is 4. The minimum atomic E-state index is -0.599. The number of amides is 3. The summed E-state index contributed by atoms with van der Waals surface area (Å²) in [4.78, 5) is 34.7. The number of aryl methyl sites for hydroxylation is 1. The zero-order valence-corrected chi connectivity index (χ0v) is 17.6. The number of hydrogen-bond acceptors (Lipinski definition) is 4. The van der Waals surface area contributed by atoms with Crippen LogP contribution in [0.5, 0.6) is 0 Å². The fourth-order valence-electron chi connectivity index (χ4n) is 4.42. The van der Waals surface area contributed by atoms with E-state index in [4.69, 9.17) is 0 Å². The molecule has 0 spiro atoms. The average Bonchev–Trinajstić information content (AvgIpc) is 3.54. The zero-order chi connectivity index (χ0) is 21.5. The van der Waals surface area contributed by atoms with Crippen LogP contribution in [0.4, 0.5) is 20.7 Å². The van der Waals surface area contributed by atoms with Crippen LogP contribution in [0.3, 0.4) is 0 Å². The lowest BCUT2D eigenvalue weighted by Gasteiger charge is -2.36. The van der Waals surface area contributed by atoms with Gasteiger partial charge >= 0.3 is 6.03 Å². The SMILES string of the molecule is Cc1cc(C2CC2)cnc1N1CCN(C(=O)c2ccc(N3CCNC3=O)cc2F)CC1. The first kappa shape index (κ1) is 19.8. The Kier molecular flexibility index (Phi) is 5.00. The highest BCUT2D eigenvalue weighted by molar-refractivity contribution is 5.97.